The summed E-state index contributed by atoms with van der Waals surface area (Å²) in [6.07, 6.45) is 3.39. The number of carbonyl (C=O) groups is 1. The second-order valence-electron chi connectivity index (χ2n) is 3.38. The number of nitrogens with zero attached hydrogens (tertiary/aromatic N) is 2. The molecule has 2 heterocycles. The molecule has 5 heteroatoms. The number of pyridine rings is 2. The van der Waals surface area contributed by atoms with Gasteiger partial charge >= 0.3 is 0 Å². The van der Waals surface area contributed by atoms with Crippen molar-refractivity contribution in [1.29, 1.82) is 0 Å². The molecule has 0 radical (unpaired) electrons. The highest BCUT2D eigenvalue weighted by Crippen LogP contribution is 2.06. The largest absolute Gasteiger partial charge is 0.347 e. The predicted molar refractivity (Wildman–Crippen MR) is 67.3 cm³/mol. The van der Waals surface area contributed by atoms with Gasteiger partial charge in [-0.15, -0.1) is 0 Å². The maximum absolute atomic E-state index is 11.8. The van der Waals surface area contributed by atoms with Crippen molar-refractivity contribution in [1.82, 2.24) is 15.3 Å². The molecule has 2 aromatic heterocycles. The second kappa shape index (κ2) is 5.54. The van der Waals surface area contributed by atoms with E-state index in [9.17, 15) is 4.79 Å². The number of carbonyl (C=O) groups excluding carboxylic acids is 1. The standard InChI is InChI=1S/C12H10BrN3O/c13-11-3-1-2-10(16-11)12(17)15-8-9-4-6-14-7-5-9/h1-7H,8H2,(H,15,17). The van der Waals surface area contributed by atoms with Crippen molar-refractivity contribution in [2.45, 2.75) is 6.54 Å². The molecule has 0 aliphatic heterocycles. The van der Waals surface area contributed by atoms with Crippen molar-refractivity contribution in [3.63, 3.8) is 0 Å². The summed E-state index contributed by atoms with van der Waals surface area (Å²) in [6, 6.07) is 8.94. The normalized spacial score (nSPS) is 9.94. The first kappa shape index (κ1) is 11.7. The van der Waals surface area contributed by atoms with Crippen LogP contribution in [0.2, 0.25) is 0 Å². The van der Waals surface area contributed by atoms with Gasteiger partial charge in [0.1, 0.15) is 10.3 Å². The summed E-state index contributed by atoms with van der Waals surface area (Å²) in [6.45, 7) is 0.468. The van der Waals surface area contributed by atoms with Crippen LogP contribution in [0.3, 0.4) is 0 Å². The smallest absolute Gasteiger partial charge is 0.270 e. The van der Waals surface area contributed by atoms with Gasteiger partial charge in [0.2, 0.25) is 0 Å². The molecule has 0 atom stereocenters. The highest BCUT2D eigenvalue weighted by atomic mass is 79.9. The Morgan fingerprint density at radius 1 is 1.24 bits per heavy atom. The molecule has 0 spiro atoms. The Labute approximate surface area is 107 Å². The van der Waals surface area contributed by atoms with E-state index in [1.165, 1.54) is 0 Å². The first-order valence-corrected chi connectivity index (χ1v) is 5.84. The van der Waals surface area contributed by atoms with Crippen LogP contribution in [0.4, 0.5) is 0 Å². The van der Waals surface area contributed by atoms with Crippen LogP contribution in [0.5, 0.6) is 0 Å². The van der Waals surface area contributed by atoms with Crippen molar-refractivity contribution in [3.8, 4) is 0 Å². The average Bonchev–Trinajstić information content (AvgIpc) is 2.37. The van der Waals surface area contributed by atoms with Gasteiger partial charge in [-0.1, -0.05) is 6.07 Å². The van der Waals surface area contributed by atoms with Gasteiger partial charge in [0.05, 0.1) is 0 Å². The Hall–Kier alpha value is -1.75. The lowest BCUT2D eigenvalue weighted by atomic mass is 10.2. The molecule has 86 valence electrons. The number of aromatic nitrogens is 2. The van der Waals surface area contributed by atoms with Crippen LogP contribution in [-0.4, -0.2) is 15.9 Å². The van der Waals surface area contributed by atoms with E-state index in [0.717, 1.165) is 5.56 Å². The quantitative estimate of drug-likeness (QED) is 0.882. The number of rotatable bonds is 3. The third-order valence-electron chi connectivity index (χ3n) is 2.15. The third-order valence-corrected chi connectivity index (χ3v) is 2.59. The van der Waals surface area contributed by atoms with Crippen molar-refractivity contribution >= 4 is 21.8 Å². The van der Waals surface area contributed by atoms with Gasteiger partial charge in [-0.3, -0.25) is 9.78 Å². The Balaban J connectivity index is 1.98. The van der Waals surface area contributed by atoms with Crippen LogP contribution in [0.25, 0.3) is 0 Å². The van der Waals surface area contributed by atoms with Crippen molar-refractivity contribution < 1.29 is 4.79 Å². The molecule has 2 rings (SSSR count). The molecule has 17 heavy (non-hydrogen) atoms. The van der Waals surface area contributed by atoms with Gasteiger partial charge in [-0.2, -0.15) is 0 Å². The van der Waals surface area contributed by atoms with Gasteiger partial charge in [-0.05, 0) is 45.8 Å². The molecule has 0 aliphatic carbocycles. The van der Waals surface area contributed by atoms with Crippen molar-refractivity contribution in [3.05, 3.63) is 58.6 Å². The van der Waals surface area contributed by atoms with E-state index in [1.54, 1.807) is 30.6 Å². The van der Waals surface area contributed by atoms with E-state index in [2.05, 4.69) is 31.2 Å². The molecule has 0 aliphatic rings. The van der Waals surface area contributed by atoms with E-state index >= 15 is 0 Å². The minimum absolute atomic E-state index is 0.192. The Morgan fingerprint density at radius 3 is 2.71 bits per heavy atom. The topological polar surface area (TPSA) is 54.9 Å². The third kappa shape index (κ3) is 3.35. The fourth-order valence-corrected chi connectivity index (χ4v) is 1.65. The van der Waals surface area contributed by atoms with E-state index < -0.39 is 0 Å². The first-order valence-electron chi connectivity index (χ1n) is 5.05. The van der Waals surface area contributed by atoms with Crippen LogP contribution in [0.15, 0.2) is 47.3 Å². The summed E-state index contributed by atoms with van der Waals surface area (Å²) in [7, 11) is 0. The summed E-state index contributed by atoms with van der Waals surface area (Å²) in [5.74, 6) is -0.192. The molecule has 2 aromatic rings. The van der Waals surface area contributed by atoms with Crippen LogP contribution in [0, 0.1) is 0 Å². The lowest BCUT2D eigenvalue weighted by Gasteiger charge is -2.04. The van der Waals surface area contributed by atoms with E-state index in [0.29, 0.717) is 16.8 Å². The van der Waals surface area contributed by atoms with Crippen LogP contribution in [0.1, 0.15) is 16.1 Å². The number of hydrogen-bond acceptors (Lipinski definition) is 3. The fraction of sp³-hybridized carbons (Fsp3) is 0.0833. The molecule has 0 aromatic carbocycles. The Bertz CT molecular complexity index is 516. The van der Waals surface area contributed by atoms with Crippen LogP contribution < -0.4 is 5.32 Å². The van der Waals surface area contributed by atoms with Gasteiger partial charge in [-0.25, -0.2) is 4.98 Å². The molecular weight excluding hydrogens is 282 g/mol. The summed E-state index contributed by atoms with van der Waals surface area (Å²) in [5, 5.41) is 2.79. The molecule has 4 nitrogen and oxygen atoms in total. The van der Waals surface area contributed by atoms with E-state index in [-0.39, 0.29) is 5.91 Å². The summed E-state index contributed by atoms with van der Waals surface area (Å²) in [5.41, 5.74) is 1.40. The highest BCUT2D eigenvalue weighted by Gasteiger charge is 2.06. The minimum atomic E-state index is -0.192. The fourth-order valence-electron chi connectivity index (χ4n) is 1.31. The summed E-state index contributed by atoms with van der Waals surface area (Å²) >= 11 is 3.23. The number of hydrogen-bond donors (Lipinski definition) is 1. The van der Waals surface area contributed by atoms with Crippen LogP contribution >= 0.6 is 15.9 Å². The Kier molecular flexibility index (Phi) is 3.82. The molecular formula is C12H10BrN3O. The SMILES string of the molecule is O=C(NCc1ccncc1)c1cccc(Br)n1. The van der Waals surface area contributed by atoms with E-state index in [1.807, 2.05) is 12.1 Å². The van der Waals surface area contributed by atoms with Gasteiger partial charge in [0.25, 0.3) is 5.91 Å². The van der Waals surface area contributed by atoms with Crippen LogP contribution in [-0.2, 0) is 6.54 Å². The van der Waals surface area contributed by atoms with Gasteiger partial charge in [0, 0.05) is 18.9 Å². The summed E-state index contributed by atoms with van der Waals surface area (Å²) < 4.78 is 0.647. The zero-order chi connectivity index (χ0) is 12.1. The zero-order valence-electron chi connectivity index (χ0n) is 8.93. The van der Waals surface area contributed by atoms with Gasteiger partial charge in [0.15, 0.2) is 0 Å². The van der Waals surface area contributed by atoms with Gasteiger partial charge < -0.3 is 5.32 Å². The maximum atomic E-state index is 11.8. The maximum Gasteiger partial charge on any atom is 0.270 e. The zero-order valence-corrected chi connectivity index (χ0v) is 10.5. The lowest BCUT2D eigenvalue weighted by Crippen LogP contribution is -2.23. The number of amides is 1. The summed E-state index contributed by atoms with van der Waals surface area (Å²) in [4.78, 5) is 19.7. The van der Waals surface area contributed by atoms with Crippen molar-refractivity contribution in [2.75, 3.05) is 0 Å². The molecule has 0 unspecified atom stereocenters. The Morgan fingerprint density at radius 2 is 2.00 bits per heavy atom. The lowest BCUT2D eigenvalue weighted by molar-refractivity contribution is 0.0945. The highest BCUT2D eigenvalue weighted by molar-refractivity contribution is 9.10. The number of halogens is 1. The van der Waals surface area contributed by atoms with Crippen molar-refractivity contribution in [2.24, 2.45) is 0 Å². The average molecular weight is 292 g/mol. The molecule has 0 saturated carbocycles. The second-order valence-corrected chi connectivity index (χ2v) is 4.20. The van der Waals surface area contributed by atoms with E-state index in [4.69, 9.17) is 0 Å². The number of nitrogens with one attached hydrogen (secondary N) is 1. The monoisotopic (exact) mass is 291 g/mol. The molecule has 1 N–H and O–H groups in total. The first-order chi connectivity index (χ1) is 8.25. The molecule has 0 bridgehead atoms. The molecule has 0 fully saturated rings. The predicted octanol–water partition coefficient (Wildman–Crippen LogP) is 2.17. The minimum Gasteiger partial charge on any atom is -0.347 e. The molecule has 1 amide bonds. The molecule has 0 saturated heterocycles.